The topological polar surface area (TPSA) is 24.1 Å². The lowest BCUT2D eigenvalue weighted by Crippen LogP contribution is -2.33. The first-order valence-corrected chi connectivity index (χ1v) is 9.52. The zero-order chi connectivity index (χ0) is 18.2. The minimum absolute atomic E-state index is 1.00. The standard InChI is InChI=1S/C24H21N3/c1-2-16-26-22-10-6-7-11-23(22)27-17-21(25-24(26)27)20-14-12-19(13-15-20)18-8-4-3-5-9-18/h3-15,17H,2,16H2,1H3/p+1. The Morgan fingerprint density at radius 3 is 2.22 bits per heavy atom. The molecule has 0 aliphatic heterocycles. The van der Waals surface area contributed by atoms with Gasteiger partial charge in [0.15, 0.2) is 0 Å². The van der Waals surface area contributed by atoms with Gasteiger partial charge in [-0.25, -0.2) is 9.55 Å². The fourth-order valence-corrected chi connectivity index (χ4v) is 3.86. The van der Waals surface area contributed by atoms with Crippen LogP contribution in [-0.2, 0) is 6.54 Å². The van der Waals surface area contributed by atoms with Crippen molar-refractivity contribution < 1.29 is 4.57 Å². The molecule has 0 saturated carbocycles. The third-order valence-corrected chi connectivity index (χ3v) is 5.17. The second kappa shape index (κ2) is 6.44. The van der Waals surface area contributed by atoms with Crippen LogP contribution in [0, 0.1) is 0 Å². The highest BCUT2D eigenvalue weighted by atomic mass is 15.2. The Bertz CT molecular complexity index is 1210. The van der Waals surface area contributed by atoms with Crippen LogP contribution in [0.15, 0.2) is 85.1 Å². The molecule has 0 fully saturated rings. The molecule has 0 bridgehead atoms. The van der Waals surface area contributed by atoms with Gasteiger partial charge in [0, 0.05) is 5.56 Å². The quantitative estimate of drug-likeness (QED) is 0.416. The van der Waals surface area contributed by atoms with E-state index in [0.717, 1.165) is 24.4 Å². The molecule has 2 aromatic heterocycles. The second-order valence-electron chi connectivity index (χ2n) is 6.95. The van der Waals surface area contributed by atoms with Crippen LogP contribution in [0.3, 0.4) is 0 Å². The molecule has 5 rings (SSSR count). The Hall–Kier alpha value is -3.33. The summed E-state index contributed by atoms with van der Waals surface area (Å²) < 4.78 is 4.64. The smallest absolute Gasteiger partial charge is 0.241 e. The van der Waals surface area contributed by atoms with Gasteiger partial charge in [-0.15, -0.1) is 0 Å². The lowest BCUT2D eigenvalue weighted by Gasteiger charge is -2.02. The summed E-state index contributed by atoms with van der Waals surface area (Å²) >= 11 is 0. The molecule has 2 heterocycles. The van der Waals surface area contributed by atoms with Gasteiger partial charge in [0.25, 0.3) is 0 Å². The highest BCUT2D eigenvalue weighted by Gasteiger charge is 2.20. The van der Waals surface area contributed by atoms with Crippen molar-refractivity contribution in [2.75, 3.05) is 0 Å². The van der Waals surface area contributed by atoms with Crippen molar-refractivity contribution in [3.05, 3.63) is 85.1 Å². The molecule has 0 unspecified atom stereocenters. The first-order chi connectivity index (χ1) is 13.3. The van der Waals surface area contributed by atoms with Gasteiger partial charge in [-0.3, -0.25) is 0 Å². The van der Waals surface area contributed by atoms with E-state index in [1.165, 1.54) is 27.7 Å². The maximum atomic E-state index is 3.64. The van der Waals surface area contributed by atoms with E-state index < -0.39 is 0 Å². The van der Waals surface area contributed by atoms with Gasteiger partial charge in [-0.1, -0.05) is 73.7 Å². The number of aromatic amines is 1. The van der Waals surface area contributed by atoms with Crippen molar-refractivity contribution in [3.8, 4) is 22.4 Å². The molecular weight excluding hydrogens is 330 g/mol. The zero-order valence-electron chi connectivity index (χ0n) is 15.4. The molecule has 0 radical (unpaired) electrons. The molecule has 0 amide bonds. The van der Waals surface area contributed by atoms with E-state index in [1.54, 1.807) is 0 Å². The number of aryl methyl sites for hydroxylation is 1. The zero-order valence-corrected chi connectivity index (χ0v) is 15.4. The number of aromatic nitrogens is 3. The number of H-pyrrole nitrogens is 1. The first kappa shape index (κ1) is 15.9. The van der Waals surface area contributed by atoms with Crippen molar-refractivity contribution in [3.63, 3.8) is 0 Å². The number of fused-ring (bicyclic) bond motifs is 3. The van der Waals surface area contributed by atoms with Crippen LogP contribution >= 0.6 is 0 Å². The predicted molar refractivity (Wildman–Crippen MR) is 111 cm³/mol. The van der Waals surface area contributed by atoms with Gasteiger partial charge in [0.1, 0.15) is 22.9 Å². The number of imidazole rings is 2. The van der Waals surface area contributed by atoms with E-state index in [4.69, 9.17) is 0 Å². The fourth-order valence-electron chi connectivity index (χ4n) is 3.86. The molecule has 0 aliphatic carbocycles. The first-order valence-electron chi connectivity index (χ1n) is 9.52. The van der Waals surface area contributed by atoms with Crippen LogP contribution in [0.4, 0.5) is 0 Å². The fraction of sp³-hybridized carbons (Fsp3) is 0.125. The summed E-state index contributed by atoms with van der Waals surface area (Å²) in [4.78, 5) is 3.64. The molecule has 3 heteroatoms. The number of hydrogen-bond acceptors (Lipinski definition) is 0. The lowest BCUT2D eigenvalue weighted by atomic mass is 10.0. The number of para-hydroxylation sites is 2. The Balaban J connectivity index is 1.60. The molecule has 3 aromatic carbocycles. The largest absolute Gasteiger partial charge is 0.368 e. The third-order valence-electron chi connectivity index (χ3n) is 5.17. The molecule has 0 spiro atoms. The Morgan fingerprint density at radius 2 is 1.44 bits per heavy atom. The average Bonchev–Trinajstić information content (AvgIpc) is 3.28. The van der Waals surface area contributed by atoms with E-state index in [9.17, 15) is 0 Å². The van der Waals surface area contributed by atoms with E-state index in [-0.39, 0.29) is 0 Å². The SMILES string of the molecule is CCC[n+]1c2ccccc2n2cc(-c3ccc(-c4ccccc4)cc3)[nH]c21. The van der Waals surface area contributed by atoms with Gasteiger partial charge in [-0.05, 0) is 29.7 Å². The molecule has 0 atom stereocenters. The Morgan fingerprint density at radius 1 is 0.778 bits per heavy atom. The van der Waals surface area contributed by atoms with Crippen molar-refractivity contribution in [1.29, 1.82) is 0 Å². The second-order valence-corrected chi connectivity index (χ2v) is 6.95. The predicted octanol–water partition coefficient (Wildman–Crippen LogP) is 5.45. The van der Waals surface area contributed by atoms with Crippen LogP contribution in [-0.4, -0.2) is 9.38 Å². The summed E-state index contributed by atoms with van der Waals surface area (Å²) in [5.41, 5.74) is 7.34. The molecular formula is C24H22N3+. The molecule has 3 nitrogen and oxygen atoms in total. The van der Waals surface area contributed by atoms with Crippen LogP contribution in [0.1, 0.15) is 13.3 Å². The minimum Gasteiger partial charge on any atom is -0.241 e. The van der Waals surface area contributed by atoms with Gasteiger partial charge in [0.05, 0.1) is 6.54 Å². The molecule has 0 aliphatic rings. The number of nitrogens with one attached hydrogen (secondary N) is 1. The van der Waals surface area contributed by atoms with E-state index in [1.807, 2.05) is 0 Å². The highest BCUT2D eigenvalue weighted by molar-refractivity contribution is 5.77. The number of benzene rings is 3. The van der Waals surface area contributed by atoms with Crippen LogP contribution in [0.5, 0.6) is 0 Å². The maximum absolute atomic E-state index is 3.64. The maximum Gasteiger partial charge on any atom is 0.368 e. The summed E-state index contributed by atoms with van der Waals surface area (Å²) in [6, 6.07) is 27.9. The molecule has 5 aromatic rings. The van der Waals surface area contributed by atoms with Crippen molar-refractivity contribution in [1.82, 2.24) is 9.38 Å². The number of hydrogen-bond donors (Lipinski definition) is 1. The molecule has 132 valence electrons. The van der Waals surface area contributed by atoms with Gasteiger partial charge in [0.2, 0.25) is 0 Å². The minimum atomic E-state index is 1.00. The number of nitrogens with zero attached hydrogens (tertiary/aromatic N) is 2. The monoisotopic (exact) mass is 352 g/mol. The van der Waals surface area contributed by atoms with Crippen LogP contribution in [0.25, 0.3) is 39.2 Å². The van der Waals surface area contributed by atoms with E-state index >= 15 is 0 Å². The summed E-state index contributed by atoms with van der Waals surface area (Å²) in [6.07, 6.45) is 3.32. The molecule has 0 saturated heterocycles. The Labute approximate surface area is 158 Å². The summed E-state index contributed by atoms with van der Waals surface area (Å²) in [6.45, 7) is 3.22. The Kier molecular flexibility index (Phi) is 3.79. The van der Waals surface area contributed by atoms with Gasteiger partial charge in [-0.2, -0.15) is 4.40 Å². The highest BCUT2D eigenvalue weighted by Crippen LogP contribution is 2.25. The molecule has 1 N–H and O–H groups in total. The van der Waals surface area contributed by atoms with Crippen molar-refractivity contribution >= 4 is 16.8 Å². The third kappa shape index (κ3) is 2.63. The van der Waals surface area contributed by atoms with E-state index in [2.05, 4.69) is 106 Å². The van der Waals surface area contributed by atoms with Gasteiger partial charge < -0.3 is 0 Å². The lowest BCUT2D eigenvalue weighted by molar-refractivity contribution is -0.647. The van der Waals surface area contributed by atoms with Crippen LogP contribution in [0.2, 0.25) is 0 Å². The average molecular weight is 352 g/mol. The van der Waals surface area contributed by atoms with E-state index in [0.29, 0.717) is 0 Å². The van der Waals surface area contributed by atoms with Crippen LogP contribution < -0.4 is 4.57 Å². The van der Waals surface area contributed by atoms with Crippen molar-refractivity contribution in [2.24, 2.45) is 0 Å². The van der Waals surface area contributed by atoms with Crippen molar-refractivity contribution in [2.45, 2.75) is 19.9 Å². The summed E-state index contributed by atoms with van der Waals surface area (Å²) in [7, 11) is 0. The normalized spacial score (nSPS) is 11.4. The van der Waals surface area contributed by atoms with Gasteiger partial charge >= 0.3 is 5.78 Å². The number of rotatable bonds is 4. The summed E-state index contributed by atoms with van der Waals surface area (Å²) in [5.74, 6) is 1.14. The summed E-state index contributed by atoms with van der Waals surface area (Å²) in [5, 5.41) is 0. The molecule has 27 heavy (non-hydrogen) atoms.